The molecule has 0 amide bonds. The number of hydrogen-bond acceptors (Lipinski definition) is 3. The zero-order valence-electron chi connectivity index (χ0n) is 10.4. The van der Waals surface area contributed by atoms with Crippen LogP contribution in [0.25, 0.3) is 0 Å². The van der Waals surface area contributed by atoms with Crippen LogP contribution in [-0.4, -0.2) is 15.8 Å². The number of phenols is 1. The second-order valence-corrected chi connectivity index (χ2v) is 5.36. The van der Waals surface area contributed by atoms with Crippen molar-refractivity contribution in [2.24, 2.45) is 0 Å². The summed E-state index contributed by atoms with van der Waals surface area (Å²) in [4.78, 5) is 4.01. The number of hydrogen-bond donors (Lipinski definition) is 1. The molecule has 0 saturated heterocycles. The van der Waals surface area contributed by atoms with E-state index in [-0.39, 0.29) is 0 Å². The maximum Gasteiger partial charge on any atom is 0.119 e. The first-order valence-corrected chi connectivity index (χ1v) is 7.17. The Kier molecular flexibility index (Phi) is 4.65. The molecule has 1 heterocycles. The number of phenolic OH excluding ortho intramolecular Hbond substituents is 1. The van der Waals surface area contributed by atoms with Crippen molar-refractivity contribution in [2.45, 2.75) is 18.6 Å². The third kappa shape index (κ3) is 3.50. The van der Waals surface area contributed by atoms with Gasteiger partial charge in [-0.2, -0.15) is 11.8 Å². The summed E-state index contributed by atoms with van der Waals surface area (Å²) in [5, 5.41) is 9.78. The third-order valence-corrected chi connectivity index (χ3v) is 4.13. The van der Waals surface area contributed by atoms with E-state index in [4.69, 9.17) is 0 Å². The van der Waals surface area contributed by atoms with Crippen molar-refractivity contribution in [3.8, 4) is 5.75 Å². The minimum atomic E-state index is 0.359. The van der Waals surface area contributed by atoms with Gasteiger partial charge in [0.15, 0.2) is 0 Å². The highest BCUT2D eigenvalue weighted by atomic mass is 32.2. The molecule has 1 atom stereocenters. The Balaban J connectivity index is 1.86. The van der Waals surface area contributed by atoms with E-state index >= 15 is 0 Å². The van der Waals surface area contributed by atoms with Gasteiger partial charge in [-0.1, -0.05) is 25.1 Å². The molecular weight excluding hydrogens is 242 g/mol. The van der Waals surface area contributed by atoms with Crippen molar-refractivity contribution in [1.29, 1.82) is 0 Å². The predicted molar refractivity (Wildman–Crippen MR) is 76.9 cm³/mol. The lowest BCUT2D eigenvalue weighted by atomic mass is 10.0. The average Bonchev–Trinajstić information content (AvgIpc) is 2.40. The SMILES string of the molecule is CC(CSCc1ccncc1)c1ccccc1O. The molecule has 1 unspecified atom stereocenters. The first kappa shape index (κ1) is 13.0. The molecule has 1 aromatic heterocycles. The molecule has 0 fully saturated rings. The predicted octanol–water partition coefficient (Wildman–Crippen LogP) is 3.82. The number of pyridine rings is 1. The number of aromatic hydroxyl groups is 1. The minimum Gasteiger partial charge on any atom is -0.508 e. The summed E-state index contributed by atoms with van der Waals surface area (Å²) in [5.74, 6) is 2.74. The first-order chi connectivity index (χ1) is 8.77. The summed E-state index contributed by atoms with van der Waals surface area (Å²) in [7, 11) is 0. The lowest BCUT2D eigenvalue weighted by Gasteiger charge is -2.13. The van der Waals surface area contributed by atoms with E-state index in [0.717, 1.165) is 17.1 Å². The number of para-hydroxylation sites is 1. The molecule has 1 N–H and O–H groups in total. The zero-order valence-corrected chi connectivity index (χ0v) is 11.2. The molecule has 0 bridgehead atoms. The fourth-order valence-corrected chi connectivity index (χ4v) is 2.91. The Morgan fingerprint density at radius 2 is 1.89 bits per heavy atom. The van der Waals surface area contributed by atoms with Gasteiger partial charge < -0.3 is 5.11 Å². The number of thioether (sulfide) groups is 1. The van der Waals surface area contributed by atoms with Gasteiger partial charge in [0, 0.05) is 23.9 Å². The van der Waals surface area contributed by atoms with Crippen LogP contribution in [0.3, 0.4) is 0 Å². The molecule has 3 heteroatoms. The molecule has 2 aromatic rings. The second kappa shape index (κ2) is 6.45. The first-order valence-electron chi connectivity index (χ1n) is 6.02. The van der Waals surface area contributed by atoms with Crippen molar-refractivity contribution in [2.75, 3.05) is 5.75 Å². The van der Waals surface area contributed by atoms with E-state index in [9.17, 15) is 5.11 Å². The van der Waals surface area contributed by atoms with Crippen LogP contribution in [0.4, 0.5) is 0 Å². The summed E-state index contributed by atoms with van der Waals surface area (Å²) in [5.41, 5.74) is 2.32. The Labute approximate surface area is 112 Å². The van der Waals surface area contributed by atoms with Crippen molar-refractivity contribution >= 4 is 11.8 Å². The van der Waals surface area contributed by atoms with Gasteiger partial charge in [0.05, 0.1) is 0 Å². The zero-order chi connectivity index (χ0) is 12.8. The van der Waals surface area contributed by atoms with Crippen LogP contribution in [0.15, 0.2) is 48.8 Å². The van der Waals surface area contributed by atoms with Crippen LogP contribution >= 0.6 is 11.8 Å². The molecule has 2 rings (SSSR count). The monoisotopic (exact) mass is 259 g/mol. The van der Waals surface area contributed by atoms with E-state index in [1.807, 2.05) is 54.5 Å². The average molecular weight is 259 g/mol. The van der Waals surface area contributed by atoms with Crippen molar-refractivity contribution in [3.05, 3.63) is 59.9 Å². The molecule has 94 valence electrons. The second-order valence-electron chi connectivity index (χ2n) is 4.33. The molecule has 2 nitrogen and oxygen atoms in total. The summed E-state index contributed by atoms with van der Waals surface area (Å²) in [6.45, 7) is 2.15. The maximum absolute atomic E-state index is 9.78. The Morgan fingerprint density at radius 1 is 1.17 bits per heavy atom. The van der Waals surface area contributed by atoms with Crippen molar-refractivity contribution in [1.82, 2.24) is 4.98 Å². The normalized spacial score (nSPS) is 12.3. The summed E-state index contributed by atoms with van der Waals surface area (Å²) >= 11 is 1.88. The minimum absolute atomic E-state index is 0.359. The van der Waals surface area contributed by atoms with E-state index in [1.165, 1.54) is 5.56 Å². The quantitative estimate of drug-likeness (QED) is 0.886. The van der Waals surface area contributed by atoms with Crippen LogP contribution < -0.4 is 0 Å². The van der Waals surface area contributed by atoms with Gasteiger partial charge in [-0.3, -0.25) is 4.98 Å². The van der Waals surface area contributed by atoms with Crippen LogP contribution in [-0.2, 0) is 5.75 Å². The standard InChI is InChI=1S/C15H17NOS/c1-12(14-4-2-3-5-15(14)17)10-18-11-13-6-8-16-9-7-13/h2-9,12,17H,10-11H2,1H3. The van der Waals surface area contributed by atoms with Crippen molar-refractivity contribution in [3.63, 3.8) is 0 Å². The van der Waals surface area contributed by atoms with Crippen LogP contribution in [0.1, 0.15) is 24.0 Å². The van der Waals surface area contributed by atoms with E-state index < -0.39 is 0 Å². The molecular formula is C15H17NOS. The Morgan fingerprint density at radius 3 is 2.61 bits per heavy atom. The Hall–Kier alpha value is -1.48. The molecule has 0 saturated carbocycles. The highest BCUT2D eigenvalue weighted by Crippen LogP contribution is 2.28. The van der Waals surface area contributed by atoms with Gasteiger partial charge in [-0.05, 0) is 35.2 Å². The summed E-state index contributed by atoms with van der Waals surface area (Å²) in [6.07, 6.45) is 3.64. The highest BCUT2D eigenvalue weighted by Gasteiger charge is 2.09. The molecule has 0 aliphatic rings. The smallest absolute Gasteiger partial charge is 0.119 e. The van der Waals surface area contributed by atoms with E-state index in [2.05, 4.69) is 11.9 Å². The van der Waals surface area contributed by atoms with E-state index in [1.54, 1.807) is 6.07 Å². The lowest BCUT2D eigenvalue weighted by Crippen LogP contribution is -1.97. The topological polar surface area (TPSA) is 33.1 Å². The third-order valence-electron chi connectivity index (χ3n) is 2.85. The van der Waals surface area contributed by atoms with E-state index in [0.29, 0.717) is 11.7 Å². The fourth-order valence-electron chi connectivity index (χ4n) is 1.83. The van der Waals surface area contributed by atoms with Crippen LogP contribution in [0.5, 0.6) is 5.75 Å². The fraction of sp³-hybridized carbons (Fsp3) is 0.267. The number of benzene rings is 1. The Bertz CT molecular complexity index is 487. The molecule has 0 aliphatic heterocycles. The van der Waals surface area contributed by atoms with Gasteiger partial charge in [0.2, 0.25) is 0 Å². The van der Waals surface area contributed by atoms with Gasteiger partial charge >= 0.3 is 0 Å². The highest BCUT2D eigenvalue weighted by molar-refractivity contribution is 7.98. The van der Waals surface area contributed by atoms with Gasteiger partial charge in [0.25, 0.3) is 0 Å². The van der Waals surface area contributed by atoms with Crippen molar-refractivity contribution < 1.29 is 5.11 Å². The number of aromatic nitrogens is 1. The number of rotatable bonds is 5. The largest absolute Gasteiger partial charge is 0.508 e. The van der Waals surface area contributed by atoms with Gasteiger partial charge in [0.1, 0.15) is 5.75 Å². The molecule has 18 heavy (non-hydrogen) atoms. The molecule has 0 spiro atoms. The lowest BCUT2D eigenvalue weighted by molar-refractivity contribution is 0.465. The molecule has 1 aromatic carbocycles. The molecule has 0 radical (unpaired) electrons. The molecule has 0 aliphatic carbocycles. The summed E-state index contributed by atoms with van der Waals surface area (Å²) < 4.78 is 0. The summed E-state index contributed by atoms with van der Waals surface area (Å²) in [6, 6.07) is 11.6. The van der Waals surface area contributed by atoms with Crippen LogP contribution in [0.2, 0.25) is 0 Å². The van der Waals surface area contributed by atoms with Crippen LogP contribution in [0, 0.1) is 0 Å². The number of nitrogens with zero attached hydrogens (tertiary/aromatic N) is 1. The van der Waals surface area contributed by atoms with Gasteiger partial charge in [-0.15, -0.1) is 0 Å². The maximum atomic E-state index is 9.78. The van der Waals surface area contributed by atoms with Gasteiger partial charge in [-0.25, -0.2) is 0 Å².